The second-order valence-electron chi connectivity index (χ2n) is 4.16. The quantitative estimate of drug-likeness (QED) is 0.387. The van der Waals surface area contributed by atoms with Crippen molar-refractivity contribution in [1.82, 2.24) is 4.98 Å². The number of pyridine rings is 2. The first-order valence-corrected chi connectivity index (χ1v) is 8.29. The number of rotatable bonds is 4. The molecule has 2 heterocycles. The Morgan fingerprint density at radius 2 is 2.36 bits per heavy atom. The summed E-state index contributed by atoms with van der Waals surface area (Å²) in [4.78, 5) is 8.10. The van der Waals surface area contributed by atoms with Gasteiger partial charge in [-0.05, 0) is 12.3 Å². The number of thioether (sulfide) groups is 2. The molecule has 0 unspecified atom stereocenters. The van der Waals surface area contributed by atoms with E-state index in [0.717, 1.165) is 10.3 Å². The molecule has 110 valence electrons. The summed E-state index contributed by atoms with van der Waals surface area (Å²) < 4.78 is 0.971. The molecule has 0 fully saturated rings. The van der Waals surface area contributed by atoms with Crippen molar-refractivity contribution in [1.29, 1.82) is 5.26 Å². The molecule has 22 heavy (non-hydrogen) atoms. The number of nitriles is 1. The topological polar surface area (TPSA) is 91.2 Å². The minimum Gasteiger partial charge on any atom is -0.392 e. The third-order valence-electron chi connectivity index (χ3n) is 2.77. The number of aromatic nitrogens is 2. The van der Waals surface area contributed by atoms with E-state index >= 15 is 0 Å². The molecule has 2 aromatic rings. The molecule has 0 spiro atoms. The first-order chi connectivity index (χ1) is 10.6. The van der Waals surface area contributed by atoms with Crippen LogP contribution in [0, 0.1) is 17.9 Å². The van der Waals surface area contributed by atoms with Gasteiger partial charge in [-0.15, -0.1) is 23.5 Å². The third kappa shape index (κ3) is 3.25. The standard InChI is InChI=1S/C14H12N5OS2/c1-17-11-12(21-2)10(6-15)14(18-13(11)16)22-8-9-4-3-5-19(20)7-9/h3-5,7,20H,8H2,2H3,(H2,16,18)/q+1. The van der Waals surface area contributed by atoms with Crippen LogP contribution in [0.4, 0.5) is 11.5 Å². The van der Waals surface area contributed by atoms with Crippen molar-refractivity contribution < 1.29 is 9.94 Å². The Morgan fingerprint density at radius 3 is 2.95 bits per heavy atom. The molecule has 0 atom stereocenters. The Labute approximate surface area is 136 Å². The summed E-state index contributed by atoms with van der Waals surface area (Å²) >= 11 is 2.65. The second-order valence-corrected chi connectivity index (χ2v) is 5.94. The second kappa shape index (κ2) is 7.03. The molecular formula is C14H12N5OS2+. The minimum absolute atomic E-state index is 0.131. The first-order valence-electron chi connectivity index (χ1n) is 6.08. The molecule has 6 nitrogen and oxygen atoms in total. The highest BCUT2D eigenvalue weighted by Crippen LogP contribution is 2.40. The Kier molecular flexibility index (Phi) is 5.10. The predicted octanol–water partition coefficient (Wildman–Crippen LogP) is 2.63. The van der Waals surface area contributed by atoms with Gasteiger partial charge in [0, 0.05) is 27.0 Å². The van der Waals surface area contributed by atoms with E-state index in [-0.39, 0.29) is 11.5 Å². The molecule has 8 heteroatoms. The lowest BCUT2D eigenvalue weighted by Gasteiger charge is -2.10. The van der Waals surface area contributed by atoms with E-state index in [1.54, 1.807) is 18.5 Å². The van der Waals surface area contributed by atoms with Gasteiger partial charge in [0.05, 0.1) is 12.1 Å². The highest BCUT2D eigenvalue weighted by molar-refractivity contribution is 7.99. The predicted molar refractivity (Wildman–Crippen MR) is 84.8 cm³/mol. The van der Waals surface area contributed by atoms with Crippen molar-refractivity contribution in [2.75, 3.05) is 12.0 Å². The smallest absolute Gasteiger partial charge is 0.242 e. The largest absolute Gasteiger partial charge is 0.392 e. The van der Waals surface area contributed by atoms with Crippen molar-refractivity contribution in [2.24, 2.45) is 0 Å². The zero-order valence-corrected chi connectivity index (χ0v) is 13.3. The molecule has 0 amide bonds. The molecular weight excluding hydrogens is 318 g/mol. The van der Waals surface area contributed by atoms with E-state index in [9.17, 15) is 10.5 Å². The van der Waals surface area contributed by atoms with Crippen molar-refractivity contribution in [3.63, 3.8) is 0 Å². The Bertz CT molecular complexity index is 795. The van der Waals surface area contributed by atoms with Crippen LogP contribution in [0.2, 0.25) is 0 Å². The highest BCUT2D eigenvalue weighted by atomic mass is 32.2. The third-order valence-corrected chi connectivity index (χ3v) is 4.62. The lowest BCUT2D eigenvalue weighted by atomic mass is 10.2. The average molecular weight is 330 g/mol. The number of nitrogen functional groups attached to an aromatic ring is 1. The van der Waals surface area contributed by atoms with Crippen LogP contribution in [0.3, 0.4) is 0 Å². The molecule has 2 rings (SSSR count). The number of hydrogen-bond donors (Lipinski definition) is 2. The van der Waals surface area contributed by atoms with Gasteiger partial charge in [0.15, 0.2) is 0 Å². The zero-order chi connectivity index (χ0) is 16.1. The normalized spacial score (nSPS) is 9.95. The molecule has 0 aliphatic heterocycles. The first kappa shape index (κ1) is 16.0. The minimum atomic E-state index is 0.131. The number of nitrogens with zero attached hydrogens (tertiary/aromatic N) is 4. The van der Waals surface area contributed by atoms with E-state index in [1.165, 1.54) is 29.7 Å². The van der Waals surface area contributed by atoms with Gasteiger partial charge < -0.3 is 5.73 Å². The van der Waals surface area contributed by atoms with Crippen LogP contribution in [-0.4, -0.2) is 16.4 Å². The number of hydrogen-bond acceptors (Lipinski definition) is 6. The molecule has 0 aliphatic rings. The SMILES string of the molecule is [C-]#[N+]c1c(N)nc(SCc2ccc[n+](O)c2)c(C#N)c1SC. The lowest BCUT2D eigenvalue weighted by molar-refractivity contribution is -0.905. The van der Waals surface area contributed by atoms with Crippen molar-refractivity contribution in [3.05, 3.63) is 47.1 Å². The highest BCUT2D eigenvalue weighted by Gasteiger charge is 2.18. The van der Waals surface area contributed by atoms with E-state index in [2.05, 4.69) is 15.9 Å². The summed E-state index contributed by atoms with van der Waals surface area (Å²) in [5.74, 6) is 0.652. The Balaban J connectivity index is 2.38. The van der Waals surface area contributed by atoms with E-state index in [0.29, 0.717) is 21.2 Å². The van der Waals surface area contributed by atoms with E-state index < -0.39 is 0 Å². The molecule has 0 saturated heterocycles. The fourth-order valence-electron chi connectivity index (χ4n) is 1.81. The summed E-state index contributed by atoms with van der Waals surface area (Å²) in [6.07, 6.45) is 4.89. The fourth-order valence-corrected chi connectivity index (χ4v) is 3.49. The van der Waals surface area contributed by atoms with Gasteiger partial charge >= 0.3 is 0 Å². The maximum absolute atomic E-state index is 9.39. The average Bonchev–Trinajstić information content (AvgIpc) is 2.52. The molecule has 0 aromatic carbocycles. The monoisotopic (exact) mass is 330 g/mol. The molecule has 0 bridgehead atoms. The molecule has 0 saturated carbocycles. The summed E-state index contributed by atoms with van der Waals surface area (Å²) in [5, 5.41) is 19.3. The fraction of sp³-hybridized carbons (Fsp3) is 0.143. The summed E-state index contributed by atoms with van der Waals surface area (Å²) in [6, 6.07) is 5.69. The van der Waals surface area contributed by atoms with Crippen LogP contribution >= 0.6 is 23.5 Å². The van der Waals surface area contributed by atoms with E-state index in [4.69, 9.17) is 12.3 Å². The van der Waals surface area contributed by atoms with Crippen LogP contribution in [-0.2, 0) is 5.75 Å². The number of nitrogens with two attached hydrogens (primary N) is 1. The maximum atomic E-state index is 9.39. The van der Waals surface area contributed by atoms with Crippen molar-refractivity contribution >= 4 is 35.0 Å². The number of anilines is 1. The summed E-state index contributed by atoms with van der Waals surface area (Å²) in [6.45, 7) is 7.18. The molecule has 0 aliphatic carbocycles. The molecule has 3 N–H and O–H groups in total. The van der Waals surface area contributed by atoms with Crippen LogP contribution in [0.25, 0.3) is 4.85 Å². The lowest BCUT2D eigenvalue weighted by Crippen LogP contribution is -2.28. The van der Waals surface area contributed by atoms with Gasteiger partial charge in [-0.25, -0.2) is 9.83 Å². The summed E-state index contributed by atoms with van der Waals surface area (Å²) in [7, 11) is 0. The van der Waals surface area contributed by atoms with Gasteiger partial charge in [0.2, 0.25) is 18.1 Å². The van der Waals surface area contributed by atoms with Gasteiger partial charge in [0.25, 0.3) is 0 Å². The Hall–Kier alpha value is -2.42. The van der Waals surface area contributed by atoms with Gasteiger partial charge in [0.1, 0.15) is 16.9 Å². The molecule has 2 aromatic heterocycles. The van der Waals surface area contributed by atoms with Gasteiger partial charge in [-0.2, -0.15) is 5.26 Å². The van der Waals surface area contributed by atoms with E-state index in [1.807, 2.05) is 6.07 Å². The Morgan fingerprint density at radius 1 is 1.59 bits per heavy atom. The van der Waals surface area contributed by atoms with Crippen LogP contribution in [0.5, 0.6) is 0 Å². The van der Waals surface area contributed by atoms with Crippen LogP contribution in [0.1, 0.15) is 11.1 Å². The molecule has 0 radical (unpaired) electrons. The van der Waals surface area contributed by atoms with Crippen LogP contribution in [0.15, 0.2) is 34.4 Å². The maximum Gasteiger partial charge on any atom is 0.242 e. The van der Waals surface area contributed by atoms with Crippen LogP contribution < -0.4 is 10.5 Å². The zero-order valence-electron chi connectivity index (χ0n) is 11.6. The van der Waals surface area contributed by atoms with Gasteiger partial charge in [-0.3, -0.25) is 5.21 Å². The van der Waals surface area contributed by atoms with Gasteiger partial charge in [-0.1, -0.05) is 0 Å². The summed E-state index contributed by atoms with van der Waals surface area (Å²) in [5.41, 5.74) is 7.28. The van der Waals surface area contributed by atoms with Crippen molar-refractivity contribution in [3.8, 4) is 6.07 Å². The van der Waals surface area contributed by atoms with Crippen molar-refractivity contribution in [2.45, 2.75) is 15.7 Å².